The van der Waals surface area contributed by atoms with E-state index in [9.17, 15) is 0 Å². The molecule has 28 heavy (non-hydrogen) atoms. The van der Waals surface area contributed by atoms with Gasteiger partial charge in [-0.2, -0.15) is 0 Å². The van der Waals surface area contributed by atoms with E-state index in [1.165, 1.54) is 16.7 Å². The van der Waals surface area contributed by atoms with Crippen molar-refractivity contribution in [3.05, 3.63) is 49.9 Å². The van der Waals surface area contributed by atoms with Gasteiger partial charge in [-0.25, -0.2) is 0 Å². The molecule has 1 aromatic carbocycles. The van der Waals surface area contributed by atoms with E-state index >= 15 is 0 Å². The van der Waals surface area contributed by atoms with Crippen molar-refractivity contribution in [2.75, 3.05) is 0 Å². The molecule has 0 radical (unpaired) electrons. The summed E-state index contributed by atoms with van der Waals surface area (Å²) in [6.07, 6.45) is 0. The summed E-state index contributed by atoms with van der Waals surface area (Å²) in [5.74, 6) is 0.880. The van der Waals surface area contributed by atoms with Crippen molar-refractivity contribution in [1.29, 1.82) is 0 Å². The van der Waals surface area contributed by atoms with Crippen LogP contribution in [0.3, 0.4) is 0 Å². The number of allylic oxidation sites excluding steroid dienone is 4. The summed E-state index contributed by atoms with van der Waals surface area (Å²) in [4.78, 5) is 0. The number of rotatable bonds is 3. The Morgan fingerprint density at radius 1 is 0.821 bits per heavy atom. The van der Waals surface area contributed by atoms with Gasteiger partial charge >= 0.3 is 185 Å². The summed E-state index contributed by atoms with van der Waals surface area (Å²) in [7, 11) is 14.4. The van der Waals surface area contributed by atoms with E-state index in [-0.39, 0.29) is 16.2 Å². The summed E-state index contributed by atoms with van der Waals surface area (Å²) < 4.78 is 7.86. The van der Waals surface area contributed by atoms with Gasteiger partial charge in [0.15, 0.2) is 0 Å². The van der Waals surface area contributed by atoms with E-state index in [1.54, 1.807) is 0 Å². The monoisotopic (exact) mass is 458 g/mol. The molecule has 0 fully saturated rings. The molecule has 2 rings (SSSR count). The van der Waals surface area contributed by atoms with Crippen LogP contribution in [0.2, 0.25) is 0 Å². The van der Waals surface area contributed by atoms with Crippen LogP contribution in [0.4, 0.5) is 0 Å². The van der Waals surface area contributed by atoms with E-state index in [0.29, 0.717) is 0 Å². The molecular weight excluding hydrogens is 423 g/mol. The minimum atomic E-state index is -3.85. The van der Waals surface area contributed by atoms with Crippen LogP contribution in [-0.2, 0) is 25.7 Å². The van der Waals surface area contributed by atoms with E-state index in [0.717, 1.165) is 20.8 Å². The summed E-state index contributed by atoms with van der Waals surface area (Å²) in [5, 5.41) is 0. The van der Waals surface area contributed by atoms with Gasteiger partial charge in [0.25, 0.3) is 0 Å². The predicted molar refractivity (Wildman–Crippen MR) is 121 cm³/mol. The average Bonchev–Trinajstić information content (AvgIpc) is 2.65. The third kappa shape index (κ3) is 4.29. The second kappa shape index (κ2) is 7.49. The molecular formula is C24H36Cl2OTi. The SMILES string of the molecule is CC1=C(C)C(C)(C)[C]([Ti]([Cl])([Cl])[O]c2c(C(C)(C)C)cccc2C(C)(C)C)=C1C. The standard InChI is InChI=1S/C14H22O.C10H15.2ClH.Ti/c1-13(2,3)10-8-7-9-11(12(10)15)14(4,5)6;1-7-6-10(4,5)9(3)8(7)2;;;/h7-9,15H,1-6H3;1-5H3;2*1H;/q;;;;+3/p-3. The van der Waals surface area contributed by atoms with Crippen LogP contribution in [0.15, 0.2) is 38.8 Å². The first kappa shape index (κ1) is 24.1. The van der Waals surface area contributed by atoms with Gasteiger partial charge in [0.1, 0.15) is 0 Å². The molecule has 0 saturated carbocycles. The molecule has 0 amide bonds. The summed E-state index contributed by atoms with van der Waals surface area (Å²) in [6.45, 7) is 24.2. The molecule has 0 heterocycles. The Hall–Kier alpha value is -0.206. The molecule has 0 aliphatic heterocycles. The van der Waals surface area contributed by atoms with Gasteiger partial charge in [0.05, 0.1) is 0 Å². The van der Waals surface area contributed by atoms with Gasteiger partial charge in [0, 0.05) is 0 Å². The second-order valence-corrected chi connectivity index (χ2v) is 18.6. The molecule has 1 aliphatic rings. The van der Waals surface area contributed by atoms with Gasteiger partial charge in [-0.15, -0.1) is 0 Å². The fourth-order valence-electron chi connectivity index (χ4n) is 4.18. The topological polar surface area (TPSA) is 9.23 Å². The quantitative estimate of drug-likeness (QED) is 0.411. The summed E-state index contributed by atoms with van der Waals surface area (Å²) in [5.41, 5.74) is 5.84. The Kier molecular flexibility index (Phi) is 6.44. The van der Waals surface area contributed by atoms with Crippen LogP contribution in [-0.4, -0.2) is 0 Å². The maximum absolute atomic E-state index is 7.18. The van der Waals surface area contributed by atoms with Gasteiger partial charge < -0.3 is 0 Å². The van der Waals surface area contributed by atoms with Crippen LogP contribution in [0.5, 0.6) is 5.75 Å². The second-order valence-electron chi connectivity index (χ2n) is 10.7. The Bertz CT molecular complexity index is 814. The zero-order valence-electron chi connectivity index (χ0n) is 19.4. The number of para-hydroxylation sites is 1. The zero-order valence-corrected chi connectivity index (χ0v) is 22.5. The molecule has 0 unspecified atom stereocenters. The Balaban J connectivity index is 2.69. The zero-order chi connectivity index (χ0) is 21.9. The Morgan fingerprint density at radius 3 is 1.57 bits per heavy atom. The maximum atomic E-state index is 7.18. The van der Waals surface area contributed by atoms with E-state index in [4.69, 9.17) is 21.9 Å². The number of hydrogen-bond acceptors (Lipinski definition) is 1. The van der Waals surface area contributed by atoms with E-state index in [1.807, 2.05) is 0 Å². The van der Waals surface area contributed by atoms with Gasteiger partial charge in [0.2, 0.25) is 0 Å². The van der Waals surface area contributed by atoms with Crippen molar-refractivity contribution < 1.29 is 18.2 Å². The van der Waals surface area contributed by atoms with Crippen molar-refractivity contribution in [2.24, 2.45) is 5.41 Å². The summed E-state index contributed by atoms with van der Waals surface area (Å²) >= 11 is -3.85. The van der Waals surface area contributed by atoms with Gasteiger partial charge in [-0.05, 0) is 0 Å². The molecule has 156 valence electrons. The first-order chi connectivity index (χ1) is 12.4. The van der Waals surface area contributed by atoms with Crippen molar-refractivity contribution in [3.8, 4) is 5.75 Å². The molecule has 1 nitrogen and oxygen atoms in total. The van der Waals surface area contributed by atoms with Crippen LogP contribution < -0.4 is 3.32 Å². The van der Waals surface area contributed by atoms with Crippen LogP contribution in [0, 0.1) is 5.41 Å². The number of benzene rings is 1. The van der Waals surface area contributed by atoms with Crippen molar-refractivity contribution in [3.63, 3.8) is 0 Å². The summed E-state index contributed by atoms with van der Waals surface area (Å²) in [6, 6.07) is 6.41. The molecule has 1 aromatic rings. The normalized spacial score (nSPS) is 18.2. The predicted octanol–water partition coefficient (Wildman–Crippen LogP) is 8.69. The van der Waals surface area contributed by atoms with Crippen molar-refractivity contribution in [1.82, 2.24) is 0 Å². The number of halogens is 2. The fourth-order valence-corrected chi connectivity index (χ4v) is 11.2. The van der Waals surface area contributed by atoms with Crippen LogP contribution in [0.1, 0.15) is 87.3 Å². The third-order valence-corrected chi connectivity index (χ3v) is 11.6. The molecule has 0 aromatic heterocycles. The van der Waals surface area contributed by atoms with E-state index in [2.05, 4.69) is 94.4 Å². The molecule has 1 aliphatic carbocycles. The minimum absolute atomic E-state index is 0.0681. The van der Waals surface area contributed by atoms with Gasteiger partial charge in [-0.1, -0.05) is 0 Å². The average molecular weight is 459 g/mol. The molecule has 4 heteroatoms. The first-order valence-electron chi connectivity index (χ1n) is 10.0. The van der Waals surface area contributed by atoms with Crippen LogP contribution >= 0.6 is 18.6 Å². The molecule has 0 N–H and O–H groups in total. The molecule has 0 spiro atoms. The van der Waals surface area contributed by atoms with Gasteiger partial charge in [-0.3, -0.25) is 0 Å². The Labute approximate surface area is 184 Å². The van der Waals surface area contributed by atoms with Crippen LogP contribution in [0.25, 0.3) is 0 Å². The molecule has 0 bridgehead atoms. The molecule has 0 atom stereocenters. The third-order valence-electron chi connectivity index (χ3n) is 6.21. The Morgan fingerprint density at radius 2 is 1.25 bits per heavy atom. The fraction of sp³-hybridized carbons (Fsp3) is 0.583. The first-order valence-corrected chi connectivity index (χ1v) is 15.7. The van der Waals surface area contributed by atoms with E-state index < -0.39 is 14.9 Å². The molecule has 0 saturated heterocycles. The van der Waals surface area contributed by atoms with Crippen molar-refractivity contribution >= 4 is 18.6 Å². The number of hydrogen-bond donors (Lipinski definition) is 0. The van der Waals surface area contributed by atoms with Crippen molar-refractivity contribution in [2.45, 2.75) is 87.0 Å².